The Morgan fingerprint density at radius 1 is 0.667 bits per heavy atom. The Kier molecular flexibility index (Phi) is 9.48. The summed E-state index contributed by atoms with van der Waals surface area (Å²) in [6, 6.07) is 31.0. The van der Waals surface area contributed by atoms with Gasteiger partial charge in [-0.25, -0.2) is 0 Å². The van der Waals surface area contributed by atoms with E-state index in [4.69, 9.17) is 0 Å². The SMILES string of the molecule is CC/C(=C(\c1ccccc1)c1ccc(/C=C/C(=O)N(C2CCCCC2)C2CCCCC2)cc1)c1ccccc1. The molecule has 1 amide bonds. The number of allylic oxidation sites excluding steroid dienone is 1. The minimum absolute atomic E-state index is 0.208. The van der Waals surface area contributed by atoms with E-state index in [1.165, 1.54) is 92.0 Å². The third-order valence-corrected chi connectivity index (χ3v) is 8.65. The van der Waals surface area contributed by atoms with Crippen molar-refractivity contribution in [2.75, 3.05) is 0 Å². The maximum Gasteiger partial charge on any atom is 0.247 e. The highest BCUT2D eigenvalue weighted by Crippen LogP contribution is 2.35. The van der Waals surface area contributed by atoms with Crippen molar-refractivity contribution < 1.29 is 4.79 Å². The molecule has 3 aromatic carbocycles. The fourth-order valence-corrected chi connectivity index (χ4v) is 6.68. The van der Waals surface area contributed by atoms with Crippen LogP contribution in [0.4, 0.5) is 0 Å². The highest BCUT2D eigenvalue weighted by atomic mass is 16.2. The molecule has 0 atom stereocenters. The highest BCUT2D eigenvalue weighted by Gasteiger charge is 2.31. The summed E-state index contributed by atoms with van der Waals surface area (Å²) in [5, 5.41) is 0. The average molecular weight is 518 g/mol. The van der Waals surface area contributed by atoms with Crippen LogP contribution in [0, 0.1) is 0 Å². The number of carbonyl (C=O) groups excluding carboxylic acids is 1. The Labute approximate surface area is 235 Å². The largest absolute Gasteiger partial charge is 0.333 e. The molecule has 2 fully saturated rings. The maximum atomic E-state index is 13.6. The molecule has 0 aromatic heterocycles. The molecule has 2 heteroatoms. The normalized spacial score (nSPS) is 17.7. The molecule has 3 aromatic rings. The van der Waals surface area contributed by atoms with Crippen molar-refractivity contribution in [1.82, 2.24) is 4.90 Å². The lowest BCUT2D eigenvalue weighted by molar-refractivity contribution is -0.132. The van der Waals surface area contributed by atoms with Gasteiger partial charge in [0.05, 0.1) is 0 Å². The van der Waals surface area contributed by atoms with Gasteiger partial charge in [0, 0.05) is 18.2 Å². The molecule has 0 saturated heterocycles. The minimum Gasteiger partial charge on any atom is -0.333 e. The monoisotopic (exact) mass is 517 g/mol. The Hall–Kier alpha value is -3.39. The van der Waals surface area contributed by atoms with E-state index < -0.39 is 0 Å². The average Bonchev–Trinajstić information content (AvgIpc) is 3.01. The summed E-state index contributed by atoms with van der Waals surface area (Å²) in [6.07, 6.45) is 17.1. The number of amides is 1. The molecule has 0 aliphatic heterocycles. The lowest BCUT2D eigenvalue weighted by Crippen LogP contribution is -2.48. The second-order valence-corrected chi connectivity index (χ2v) is 11.2. The van der Waals surface area contributed by atoms with Crippen LogP contribution >= 0.6 is 0 Å². The Morgan fingerprint density at radius 3 is 1.67 bits per heavy atom. The lowest BCUT2D eigenvalue weighted by Gasteiger charge is -2.41. The van der Waals surface area contributed by atoms with Gasteiger partial charge in [0.2, 0.25) is 5.91 Å². The van der Waals surface area contributed by atoms with Crippen LogP contribution < -0.4 is 0 Å². The molecular formula is C37H43NO. The molecule has 2 aliphatic rings. The van der Waals surface area contributed by atoms with E-state index in [2.05, 4.69) is 96.8 Å². The summed E-state index contributed by atoms with van der Waals surface area (Å²) in [7, 11) is 0. The summed E-state index contributed by atoms with van der Waals surface area (Å²) in [6.45, 7) is 2.23. The molecule has 2 saturated carbocycles. The summed E-state index contributed by atoms with van der Waals surface area (Å²) in [5.41, 5.74) is 7.39. The van der Waals surface area contributed by atoms with Crippen LogP contribution in [-0.2, 0) is 4.79 Å². The number of benzene rings is 3. The van der Waals surface area contributed by atoms with E-state index in [1.807, 2.05) is 12.2 Å². The van der Waals surface area contributed by atoms with Crippen LogP contribution in [0.1, 0.15) is 99.8 Å². The van der Waals surface area contributed by atoms with Gasteiger partial charge in [-0.05, 0) is 71.6 Å². The summed E-state index contributed by atoms with van der Waals surface area (Å²) < 4.78 is 0. The predicted molar refractivity (Wildman–Crippen MR) is 165 cm³/mol. The first-order valence-electron chi connectivity index (χ1n) is 15.2. The van der Waals surface area contributed by atoms with Crippen molar-refractivity contribution in [3.63, 3.8) is 0 Å². The van der Waals surface area contributed by atoms with Crippen molar-refractivity contribution >= 4 is 23.1 Å². The minimum atomic E-state index is 0.208. The quantitative estimate of drug-likeness (QED) is 0.215. The summed E-state index contributed by atoms with van der Waals surface area (Å²) in [4.78, 5) is 15.9. The molecule has 0 spiro atoms. The van der Waals surface area contributed by atoms with Gasteiger partial charge in [-0.1, -0.05) is 130 Å². The molecular weight excluding hydrogens is 474 g/mol. The van der Waals surface area contributed by atoms with Crippen LogP contribution in [0.3, 0.4) is 0 Å². The predicted octanol–water partition coefficient (Wildman–Crippen LogP) is 9.56. The molecule has 0 heterocycles. The Balaban J connectivity index is 1.41. The lowest BCUT2D eigenvalue weighted by atomic mass is 9.88. The molecule has 5 rings (SSSR count). The van der Waals surface area contributed by atoms with Crippen molar-refractivity contribution in [1.29, 1.82) is 0 Å². The van der Waals surface area contributed by atoms with Crippen molar-refractivity contribution in [3.05, 3.63) is 113 Å². The standard InChI is InChI=1S/C37H43NO/c1-2-35(30-15-7-3-8-16-30)37(31-17-9-4-10-18-31)32-26-23-29(24-27-32)25-28-36(39)38(33-19-11-5-12-20-33)34-21-13-6-14-22-34/h3-4,7-10,15-18,23-28,33-34H,2,5-6,11-14,19-22H2,1H3/b28-25+,37-35-. The smallest absolute Gasteiger partial charge is 0.247 e. The molecule has 0 N–H and O–H groups in total. The molecule has 39 heavy (non-hydrogen) atoms. The van der Waals surface area contributed by atoms with Gasteiger partial charge < -0.3 is 4.90 Å². The van der Waals surface area contributed by atoms with E-state index >= 15 is 0 Å². The van der Waals surface area contributed by atoms with E-state index in [1.54, 1.807) is 0 Å². The number of rotatable bonds is 8. The fourth-order valence-electron chi connectivity index (χ4n) is 6.68. The molecule has 0 bridgehead atoms. The van der Waals surface area contributed by atoms with Gasteiger partial charge in [0.15, 0.2) is 0 Å². The topological polar surface area (TPSA) is 20.3 Å². The zero-order chi connectivity index (χ0) is 26.9. The Morgan fingerprint density at radius 2 is 1.15 bits per heavy atom. The number of nitrogens with zero attached hydrogens (tertiary/aromatic N) is 1. The molecule has 202 valence electrons. The highest BCUT2D eigenvalue weighted by molar-refractivity contribution is 5.98. The van der Waals surface area contributed by atoms with Crippen LogP contribution in [0.5, 0.6) is 0 Å². The summed E-state index contributed by atoms with van der Waals surface area (Å²) in [5.74, 6) is 0.208. The number of hydrogen-bond donors (Lipinski definition) is 0. The third-order valence-electron chi connectivity index (χ3n) is 8.65. The summed E-state index contributed by atoms with van der Waals surface area (Å²) >= 11 is 0. The molecule has 0 unspecified atom stereocenters. The van der Waals surface area contributed by atoms with Crippen molar-refractivity contribution in [2.24, 2.45) is 0 Å². The zero-order valence-electron chi connectivity index (χ0n) is 23.5. The van der Waals surface area contributed by atoms with E-state index in [0.29, 0.717) is 12.1 Å². The molecule has 2 nitrogen and oxygen atoms in total. The first-order valence-corrected chi connectivity index (χ1v) is 15.2. The van der Waals surface area contributed by atoms with Crippen molar-refractivity contribution in [2.45, 2.75) is 89.6 Å². The van der Waals surface area contributed by atoms with Gasteiger partial charge in [0.1, 0.15) is 0 Å². The van der Waals surface area contributed by atoms with Gasteiger partial charge in [0.25, 0.3) is 0 Å². The van der Waals surface area contributed by atoms with Crippen molar-refractivity contribution in [3.8, 4) is 0 Å². The van der Waals surface area contributed by atoms with Gasteiger partial charge in [-0.2, -0.15) is 0 Å². The maximum absolute atomic E-state index is 13.6. The number of hydrogen-bond acceptors (Lipinski definition) is 1. The van der Waals surface area contributed by atoms with E-state index in [-0.39, 0.29) is 5.91 Å². The second kappa shape index (κ2) is 13.6. The van der Waals surface area contributed by atoms with Gasteiger partial charge in [-0.3, -0.25) is 4.79 Å². The second-order valence-electron chi connectivity index (χ2n) is 11.2. The van der Waals surface area contributed by atoms with E-state index in [9.17, 15) is 4.79 Å². The van der Waals surface area contributed by atoms with Crippen LogP contribution in [-0.4, -0.2) is 22.9 Å². The van der Waals surface area contributed by atoms with Gasteiger partial charge >= 0.3 is 0 Å². The van der Waals surface area contributed by atoms with Crippen LogP contribution in [0.15, 0.2) is 91.0 Å². The first-order chi connectivity index (χ1) is 19.2. The fraction of sp³-hybridized carbons (Fsp3) is 0.378. The number of carbonyl (C=O) groups is 1. The van der Waals surface area contributed by atoms with Crippen LogP contribution in [0.2, 0.25) is 0 Å². The van der Waals surface area contributed by atoms with E-state index in [0.717, 1.165) is 12.0 Å². The zero-order valence-corrected chi connectivity index (χ0v) is 23.5. The Bertz CT molecular complexity index is 1230. The van der Waals surface area contributed by atoms with Gasteiger partial charge in [-0.15, -0.1) is 0 Å². The molecule has 2 aliphatic carbocycles. The van der Waals surface area contributed by atoms with Crippen LogP contribution in [0.25, 0.3) is 17.2 Å². The third kappa shape index (κ3) is 6.79. The first kappa shape index (κ1) is 27.2. The molecule has 0 radical (unpaired) electrons.